The van der Waals surface area contributed by atoms with Crippen molar-refractivity contribution in [2.75, 3.05) is 11.5 Å². The average molecular weight is 497 g/mol. The lowest BCUT2D eigenvalue weighted by atomic mass is 10.1. The van der Waals surface area contributed by atoms with Crippen molar-refractivity contribution < 1.29 is 13.0 Å². The topological polar surface area (TPSA) is 156 Å². The second kappa shape index (κ2) is 9.17. The van der Waals surface area contributed by atoms with Crippen LogP contribution < -0.4 is 11.5 Å². The molecule has 0 aliphatic rings. The molecule has 5 rings (SSSR count). The molecule has 0 unspecified atom stereocenters. The molecule has 0 bridgehead atoms. The van der Waals surface area contributed by atoms with E-state index >= 15 is 0 Å². The van der Waals surface area contributed by atoms with Gasteiger partial charge in [0.25, 0.3) is 10.1 Å². The molecule has 0 aromatic heterocycles. The zero-order valence-corrected chi connectivity index (χ0v) is 19.6. The van der Waals surface area contributed by atoms with Crippen molar-refractivity contribution in [1.82, 2.24) is 0 Å². The lowest BCUT2D eigenvalue weighted by Gasteiger charge is -2.07. The highest BCUT2D eigenvalue weighted by molar-refractivity contribution is 7.86. The van der Waals surface area contributed by atoms with Gasteiger partial charge in [0.2, 0.25) is 0 Å². The first kappa shape index (κ1) is 23.1. The highest BCUT2D eigenvalue weighted by Gasteiger charge is 2.15. The summed E-state index contributed by atoms with van der Waals surface area (Å²) < 4.78 is 33.1. The van der Waals surface area contributed by atoms with E-state index < -0.39 is 10.1 Å². The van der Waals surface area contributed by atoms with E-state index in [1.807, 2.05) is 24.3 Å². The number of nitrogens with two attached hydrogens (primary N) is 2. The van der Waals surface area contributed by atoms with Crippen LogP contribution in [0.1, 0.15) is 0 Å². The standard InChI is InChI=1S/C26H20N6O3S/c27-16-9-10-25(21(28)15-16)32-31-23-12-11-22(17-5-1-2-6-18(17)23)29-30-24-13-14-26(36(33,34)35)20-8-4-3-7-19(20)24/h1-15H,27-28H2,(H,33,34,35). The summed E-state index contributed by atoms with van der Waals surface area (Å²) in [6, 6.07) is 25.8. The van der Waals surface area contributed by atoms with Crippen LogP contribution in [0.3, 0.4) is 0 Å². The summed E-state index contributed by atoms with van der Waals surface area (Å²) >= 11 is 0. The molecular formula is C26H20N6O3S. The smallest absolute Gasteiger partial charge is 0.295 e. The number of azo groups is 2. The average Bonchev–Trinajstić information content (AvgIpc) is 2.86. The van der Waals surface area contributed by atoms with Gasteiger partial charge in [-0.2, -0.15) is 8.42 Å². The number of nitrogens with zero attached hydrogens (tertiary/aromatic N) is 4. The molecule has 0 atom stereocenters. The maximum atomic E-state index is 11.8. The third-order valence-electron chi connectivity index (χ3n) is 5.60. The van der Waals surface area contributed by atoms with E-state index in [9.17, 15) is 13.0 Å². The molecule has 36 heavy (non-hydrogen) atoms. The van der Waals surface area contributed by atoms with Crippen LogP contribution >= 0.6 is 0 Å². The minimum Gasteiger partial charge on any atom is -0.399 e. The summed E-state index contributed by atoms with van der Waals surface area (Å²) in [4.78, 5) is -0.182. The van der Waals surface area contributed by atoms with Gasteiger partial charge in [-0.3, -0.25) is 4.55 Å². The van der Waals surface area contributed by atoms with Crippen LogP contribution in [-0.2, 0) is 10.1 Å². The first-order valence-corrected chi connectivity index (χ1v) is 12.2. The molecule has 5 aromatic rings. The van der Waals surface area contributed by atoms with Gasteiger partial charge in [0.1, 0.15) is 10.6 Å². The molecule has 0 aliphatic carbocycles. The Morgan fingerprint density at radius 2 is 0.972 bits per heavy atom. The summed E-state index contributed by atoms with van der Waals surface area (Å²) in [5.41, 5.74) is 14.9. The fraction of sp³-hybridized carbons (Fsp3) is 0. The molecule has 9 nitrogen and oxygen atoms in total. The van der Waals surface area contributed by atoms with Gasteiger partial charge in [0.15, 0.2) is 0 Å². The van der Waals surface area contributed by atoms with E-state index in [0.717, 1.165) is 10.8 Å². The van der Waals surface area contributed by atoms with Gasteiger partial charge >= 0.3 is 0 Å². The summed E-state index contributed by atoms with van der Waals surface area (Å²) in [5, 5.41) is 20.0. The number of fused-ring (bicyclic) bond motifs is 2. The van der Waals surface area contributed by atoms with Gasteiger partial charge in [-0.05, 0) is 42.5 Å². The monoisotopic (exact) mass is 496 g/mol. The number of hydrogen-bond donors (Lipinski definition) is 3. The highest BCUT2D eigenvalue weighted by Crippen LogP contribution is 2.37. The first-order chi connectivity index (χ1) is 17.3. The first-order valence-electron chi connectivity index (χ1n) is 10.8. The van der Waals surface area contributed by atoms with E-state index in [4.69, 9.17) is 11.5 Å². The molecule has 10 heteroatoms. The molecule has 0 heterocycles. The van der Waals surface area contributed by atoms with Crippen molar-refractivity contribution in [1.29, 1.82) is 0 Å². The van der Waals surface area contributed by atoms with Crippen molar-refractivity contribution in [3.05, 3.63) is 91.0 Å². The van der Waals surface area contributed by atoms with E-state index in [1.165, 1.54) is 12.1 Å². The maximum Gasteiger partial charge on any atom is 0.295 e. The maximum absolute atomic E-state index is 11.8. The van der Waals surface area contributed by atoms with Crippen LogP contribution in [0.15, 0.2) is 116 Å². The Bertz CT molecular complexity index is 1800. The Labute approximate surface area is 206 Å². The molecule has 0 saturated heterocycles. The van der Waals surface area contributed by atoms with Crippen LogP contribution in [0.25, 0.3) is 21.5 Å². The molecule has 0 fully saturated rings. The molecule has 0 spiro atoms. The van der Waals surface area contributed by atoms with Crippen molar-refractivity contribution >= 4 is 65.8 Å². The van der Waals surface area contributed by atoms with Crippen LogP contribution in [0.5, 0.6) is 0 Å². The molecule has 5 N–H and O–H groups in total. The Morgan fingerprint density at radius 1 is 0.556 bits per heavy atom. The van der Waals surface area contributed by atoms with Gasteiger partial charge in [0, 0.05) is 27.2 Å². The minimum absolute atomic E-state index is 0.182. The third kappa shape index (κ3) is 4.50. The molecular weight excluding hydrogens is 476 g/mol. The lowest BCUT2D eigenvalue weighted by Crippen LogP contribution is -1.98. The van der Waals surface area contributed by atoms with Gasteiger partial charge in [-0.1, -0.05) is 48.5 Å². The van der Waals surface area contributed by atoms with Gasteiger partial charge < -0.3 is 11.5 Å². The lowest BCUT2D eigenvalue weighted by molar-refractivity contribution is 0.484. The summed E-state index contributed by atoms with van der Waals surface area (Å²) in [7, 11) is -4.38. The zero-order valence-electron chi connectivity index (χ0n) is 18.8. The number of rotatable bonds is 5. The van der Waals surface area contributed by atoms with Gasteiger partial charge in [-0.15, -0.1) is 20.5 Å². The largest absolute Gasteiger partial charge is 0.399 e. The molecule has 0 amide bonds. The Kier molecular flexibility index (Phi) is 5.88. The van der Waals surface area contributed by atoms with Crippen LogP contribution in [0, 0.1) is 0 Å². The summed E-state index contributed by atoms with van der Waals surface area (Å²) in [5.74, 6) is 0. The zero-order chi connectivity index (χ0) is 25.3. The molecule has 0 saturated carbocycles. The normalized spacial score (nSPS) is 12.2. The van der Waals surface area contributed by atoms with Crippen molar-refractivity contribution in [2.24, 2.45) is 20.5 Å². The van der Waals surface area contributed by atoms with E-state index in [1.54, 1.807) is 54.6 Å². The van der Waals surface area contributed by atoms with Crippen molar-refractivity contribution in [2.45, 2.75) is 4.90 Å². The second-order valence-corrected chi connectivity index (χ2v) is 9.36. The summed E-state index contributed by atoms with van der Waals surface area (Å²) in [6.07, 6.45) is 0. The fourth-order valence-electron chi connectivity index (χ4n) is 3.89. The van der Waals surface area contributed by atoms with E-state index in [0.29, 0.717) is 44.9 Å². The quantitative estimate of drug-likeness (QED) is 0.133. The van der Waals surface area contributed by atoms with Gasteiger partial charge in [-0.25, -0.2) is 0 Å². The number of nitrogen functional groups attached to an aromatic ring is 2. The van der Waals surface area contributed by atoms with E-state index in [2.05, 4.69) is 20.5 Å². The summed E-state index contributed by atoms with van der Waals surface area (Å²) in [6.45, 7) is 0. The number of anilines is 2. The Balaban J connectivity index is 1.55. The fourth-order valence-corrected chi connectivity index (χ4v) is 4.58. The Hall–Kier alpha value is -4.67. The Morgan fingerprint density at radius 3 is 1.47 bits per heavy atom. The van der Waals surface area contributed by atoms with Gasteiger partial charge in [0.05, 0.1) is 22.7 Å². The van der Waals surface area contributed by atoms with Crippen LogP contribution in [0.4, 0.5) is 34.1 Å². The molecule has 0 aliphatic heterocycles. The predicted octanol–water partition coefficient (Wildman–Crippen LogP) is 7.23. The molecule has 0 radical (unpaired) electrons. The number of benzene rings is 5. The second-order valence-electron chi connectivity index (χ2n) is 7.97. The SMILES string of the molecule is Nc1ccc(N=Nc2ccc(N=Nc3ccc(S(=O)(=O)O)c4ccccc34)c3ccccc23)c(N)c1. The molecule has 5 aromatic carbocycles. The van der Waals surface area contributed by atoms with Crippen molar-refractivity contribution in [3.8, 4) is 0 Å². The highest BCUT2D eigenvalue weighted by atomic mass is 32.2. The molecule has 178 valence electrons. The predicted molar refractivity (Wildman–Crippen MR) is 141 cm³/mol. The van der Waals surface area contributed by atoms with Crippen LogP contribution in [0.2, 0.25) is 0 Å². The van der Waals surface area contributed by atoms with Crippen molar-refractivity contribution in [3.63, 3.8) is 0 Å². The third-order valence-corrected chi connectivity index (χ3v) is 6.51. The van der Waals surface area contributed by atoms with E-state index in [-0.39, 0.29) is 4.90 Å². The number of hydrogen-bond acceptors (Lipinski definition) is 8. The van der Waals surface area contributed by atoms with Crippen LogP contribution in [-0.4, -0.2) is 13.0 Å². The minimum atomic E-state index is -4.38.